The summed E-state index contributed by atoms with van der Waals surface area (Å²) >= 11 is 0. The Kier molecular flexibility index (Phi) is 27.8. The molecule has 0 aromatic heterocycles. The molecule has 0 spiro atoms. The van der Waals surface area contributed by atoms with Gasteiger partial charge in [-0.15, -0.1) is 0 Å². The topological polar surface area (TPSA) is 259 Å². The Balaban J connectivity index is -0.000000110. The number of carboxylic acids is 3. The Hall–Kier alpha value is -3.11. The van der Waals surface area contributed by atoms with E-state index in [1.165, 1.54) is 20.8 Å². The van der Waals surface area contributed by atoms with Crippen LogP contribution in [0.15, 0.2) is 0 Å². The second-order valence-electron chi connectivity index (χ2n) is 4.86. The number of hydrogen-bond acceptors (Lipinski definition) is 12. The average Bonchev–Trinajstić information content (AvgIpc) is 2.62. The summed E-state index contributed by atoms with van der Waals surface area (Å²) in [5.74, 6) is -10.1. The predicted octanol–water partition coefficient (Wildman–Crippen LogP) is -8.44. The first kappa shape index (κ1) is 39.4. The monoisotopic (exact) mass is 486 g/mol. The maximum atomic E-state index is 10.2. The fraction of sp³-hybridized carbons (Fsp3) is 0.400. The molecule has 32 heavy (non-hydrogen) atoms. The average molecular weight is 486 g/mol. The van der Waals surface area contributed by atoms with Gasteiger partial charge in [-0.05, 0) is 0 Å². The van der Waals surface area contributed by atoms with Gasteiger partial charge in [0, 0.05) is 20.8 Å². The maximum absolute atomic E-state index is 10.2. The van der Waals surface area contributed by atoms with Crippen LogP contribution >= 0.6 is 0 Å². The molecule has 3 N–H and O–H groups in total. The van der Waals surface area contributed by atoms with E-state index >= 15 is 0 Å². The van der Waals surface area contributed by atoms with Gasteiger partial charge in [-0.25, -0.2) is 0 Å². The molecule has 0 aliphatic carbocycles. The summed E-state index contributed by atoms with van der Waals surface area (Å²) in [5.41, 5.74) is 0. The van der Waals surface area contributed by atoms with Gasteiger partial charge in [0.05, 0.1) is 19.6 Å². The van der Waals surface area contributed by atoms with E-state index in [4.69, 9.17) is 0 Å². The first-order chi connectivity index (χ1) is 13.6. The molecular formula is C15H18Al2N3O12+3. The molecule has 0 saturated carbocycles. The van der Waals surface area contributed by atoms with Crippen LogP contribution in [0.25, 0.3) is 0 Å². The van der Waals surface area contributed by atoms with E-state index in [1.54, 1.807) is 0 Å². The zero-order valence-electron chi connectivity index (χ0n) is 17.2. The summed E-state index contributed by atoms with van der Waals surface area (Å²) in [4.78, 5) is 89.9. The minimum atomic E-state index is -1.78. The van der Waals surface area contributed by atoms with Crippen LogP contribution in [0.2, 0.25) is 0 Å². The number of carbonyl (C=O) groups is 9. The van der Waals surface area contributed by atoms with E-state index < -0.39 is 72.6 Å². The van der Waals surface area contributed by atoms with Crippen molar-refractivity contribution in [2.45, 2.75) is 20.8 Å². The smallest absolute Gasteiger partial charge is 0.542 e. The van der Waals surface area contributed by atoms with Crippen molar-refractivity contribution in [3.05, 3.63) is 0 Å². The second-order valence-corrected chi connectivity index (χ2v) is 4.86. The van der Waals surface area contributed by atoms with Crippen LogP contribution in [0, 0.1) is 0 Å². The molecule has 0 bridgehead atoms. The van der Waals surface area contributed by atoms with Crippen molar-refractivity contribution in [2.75, 3.05) is 19.6 Å². The summed E-state index contributed by atoms with van der Waals surface area (Å²) in [5, 5.41) is 35.2. The molecule has 0 saturated heterocycles. The van der Waals surface area contributed by atoms with Crippen LogP contribution < -0.4 is 31.3 Å². The van der Waals surface area contributed by atoms with Gasteiger partial charge >= 0.3 is 34.7 Å². The Morgan fingerprint density at radius 1 is 0.469 bits per heavy atom. The molecule has 0 rings (SSSR count). The van der Waals surface area contributed by atoms with Gasteiger partial charge in [-0.1, -0.05) is 0 Å². The normalized spacial score (nSPS) is 7.97. The number of carbonyl (C=O) groups excluding carboxylic acids is 9. The van der Waals surface area contributed by atoms with Gasteiger partial charge in [0.15, 0.2) is 17.3 Å². The number of nitrogens with one attached hydrogen (secondary N) is 3. The number of amides is 3. The zero-order chi connectivity index (χ0) is 24.4. The number of rotatable bonds is 9. The molecule has 168 valence electrons. The molecule has 3 amide bonds. The van der Waals surface area contributed by atoms with Crippen molar-refractivity contribution in [1.29, 1.82) is 0 Å². The SMILES string of the molecule is CC(=O)NCC(=O)C(=O)[O-].CC(=O)NCC(=O)C(=O)[O-].CC(=O)NCC(=O)C(=O)[O-].[Al+3].[Al+3]. The molecule has 0 fully saturated rings. The number of aliphatic carboxylic acids is 3. The zero-order valence-corrected chi connectivity index (χ0v) is 19.5. The molecule has 0 atom stereocenters. The molecule has 0 aromatic rings. The quantitative estimate of drug-likeness (QED) is 0.203. The van der Waals surface area contributed by atoms with Crippen LogP contribution in [-0.2, 0) is 43.2 Å². The first-order valence-electron chi connectivity index (χ1n) is 7.57. The van der Waals surface area contributed by atoms with Crippen LogP contribution in [0.5, 0.6) is 0 Å². The van der Waals surface area contributed by atoms with E-state index in [-0.39, 0.29) is 34.7 Å². The third-order valence-electron chi connectivity index (χ3n) is 2.18. The van der Waals surface area contributed by atoms with Crippen LogP contribution in [0.3, 0.4) is 0 Å². The number of hydrogen-bond donors (Lipinski definition) is 3. The van der Waals surface area contributed by atoms with Gasteiger partial charge in [-0.3, -0.25) is 28.8 Å². The third-order valence-corrected chi connectivity index (χ3v) is 2.18. The minimum absolute atomic E-state index is 0. The summed E-state index contributed by atoms with van der Waals surface area (Å²) in [7, 11) is 0. The molecular weight excluding hydrogens is 468 g/mol. The Bertz CT molecular complexity index is 629. The van der Waals surface area contributed by atoms with E-state index in [2.05, 4.69) is 0 Å². The summed E-state index contributed by atoms with van der Waals surface area (Å²) in [6, 6.07) is 0. The predicted molar refractivity (Wildman–Crippen MR) is 97.6 cm³/mol. The van der Waals surface area contributed by atoms with Crippen LogP contribution in [0.4, 0.5) is 0 Å². The second kappa shape index (κ2) is 22.6. The van der Waals surface area contributed by atoms with E-state index in [9.17, 15) is 58.5 Å². The van der Waals surface area contributed by atoms with E-state index in [1.807, 2.05) is 16.0 Å². The molecule has 0 unspecified atom stereocenters. The van der Waals surface area contributed by atoms with Crippen molar-refractivity contribution in [1.82, 2.24) is 16.0 Å². The maximum Gasteiger partial charge on any atom is 3.00 e. The van der Waals surface area contributed by atoms with Crippen molar-refractivity contribution in [3.63, 3.8) is 0 Å². The first-order valence-corrected chi connectivity index (χ1v) is 7.57. The van der Waals surface area contributed by atoms with Gasteiger partial charge in [0.1, 0.15) is 17.9 Å². The fourth-order valence-corrected chi connectivity index (χ4v) is 0.831. The van der Waals surface area contributed by atoms with Crippen molar-refractivity contribution < 1.29 is 58.5 Å². The molecule has 15 nitrogen and oxygen atoms in total. The van der Waals surface area contributed by atoms with Crippen LogP contribution in [0.1, 0.15) is 20.8 Å². The number of ketones is 3. The molecule has 0 heterocycles. The van der Waals surface area contributed by atoms with Crippen LogP contribution in [-0.4, -0.2) is 107 Å². The Morgan fingerprint density at radius 3 is 0.719 bits per heavy atom. The Morgan fingerprint density at radius 2 is 0.625 bits per heavy atom. The van der Waals surface area contributed by atoms with Crippen molar-refractivity contribution >= 4 is 87.7 Å². The Labute approximate surface area is 202 Å². The fourth-order valence-electron chi connectivity index (χ4n) is 0.831. The number of Topliss-reactive ketones (excluding diaryl/α,β-unsaturated/α-hetero) is 3. The minimum Gasteiger partial charge on any atom is -0.542 e. The van der Waals surface area contributed by atoms with E-state index in [0.717, 1.165) is 0 Å². The van der Waals surface area contributed by atoms with Crippen molar-refractivity contribution in [3.8, 4) is 0 Å². The molecule has 0 aromatic carbocycles. The summed E-state index contributed by atoms with van der Waals surface area (Å²) in [6.45, 7) is 2.04. The largest absolute Gasteiger partial charge is 3.00 e. The third kappa shape index (κ3) is 31.6. The van der Waals surface area contributed by atoms with Gasteiger partial charge in [0.25, 0.3) is 0 Å². The van der Waals surface area contributed by atoms with Gasteiger partial charge in [0.2, 0.25) is 17.7 Å². The molecule has 0 aliphatic rings. The summed E-state index contributed by atoms with van der Waals surface area (Å²) < 4.78 is 0. The standard InChI is InChI=1S/3C5H7NO4.2Al/c3*1-3(7)6-2-4(8)5(9)10;;/h3*2H2,1H3,(H,6,7)(H,9,10);;/q;;;2*+3/p-3. The molecule has 0 radical (unpaired) electrons. The molecule has 0 aliphatic heterocycles. The van der Waals surface area contributed by atoms with Gasteiger partial charge < -0.3 is 45.7 Å². The van der Waals surface area contributed by atoms with Crippen molar-refractivity contribution in [2.24, 2.45) is 0 Å². The molecule has 17 heteroatoms. The number of carboxylic acid groups (broad SMARTS) is 3. The van der Waals surface area contributed by atoms with E-state index in [0.29, 0.717) is 0 Å². The van der Waals surface area contributed by atoms with Gasteiger partial charge in [-0.2, -0.15) is 0 Å². The summed E-state index contributed by atoms with van der Waals surface area (Å²) in [6.07, 6.45) is 0.